The molecule has 0 unspecified atom stereocenters. The van der Waals surface area contributed by atoms with Crippen LogP contribution >= 0.6 is 11.3 Å². The third-order valence-corrected chi connectivity index (χ3v) is 11.9. The van der Waals surface area contributed by atoms with Gasteiger partial charge in [-0.25, -0.2) is 0 Å². The molecule has 0 saturated carbocycles. The first-order valence-corrected chi connectivity index (χ1v) is 18.8. The smallest absolute Gasteiger partial charge is 0.0361 e. The van der Waals surface area contributed by atoms with E-state index in [0.717, 1.165) is 11.1 Å². The van der Waals surface area contributed by atoms with Crippen molar-refractivity contribution in [2.75, 3.05) is 0 Å². The van der Waals surface area contributed by atoms with Gasteiger partial charge >= 0.3 is 0 Å². The predicted molar refractivity (Wildman–Crippen MR) is 227 cm³/mol. The highest BCUT2D eigenvalue weighted by Crippen LogP contribution is 2.49. The Morgan fingerprint density at radius 2 is 0.774 bits per heavy atom. The number of rotatable bonds is 4. The molecule has 11 aromatic rings. The van der Waals surface area contributed by atoms with Crippen molar-refractivity contribution in [2.45, 2.75) is 0 Å². The Hall–Kier alpha value is -6.68. The molecule has 3 heterocycles. The van der Waals surface area contributed by atoms with E-state index < -0.39 is 0 Å². The fourth-order valence-electron chi connectivity index (χ4n) is 8.69. The van der Waals surface area contributed by atoms with Crippen LogP contribution in [0, 0.1) is 0 Å². The molecule has 0 fully saturated rings. The molecule has 0 saturated heterocycles. The molecule has 3 heteroatoms. The highest BCUT2D eigenvalue weighted by atomic mass is 32.1. The zero-order valence-electron chi connectivity index (χ0n) is 28.6. The van der Waals surface area contributed by atoms with Crippen LogP contribution in [0.1, 0.15) is 0 Å². The van der Waals surface area contributed by atoms with Crippen molar-refractivity contribution >= 4 is 74.6 Å². The molecular weight excluding hydrogens is 661 g/mol. The Bertz CT molecular complexity index is 3100. The SMILES string of the molecule is c1cncc(-c2c3ccccc3c(-c3ccc4c(c3)sc3cccc(-c5c6ccccc6c(-c6cccnc6)c6ccccc56)c34)c3ccccc23)c1. The van der Waals surface area contributed by atoms with Gasteiger partial charge in [-0.15, -0.1) is 11.3 Å². The van der Waals surface area contributed by atoms with Crippen molar-refractivity contribution in [2.24, 2.45) is 0 Å². The van der Waals surface area contributed by atoms with E-state index in [-0.39, 0.29) is 0 Å². The number of pyridine rings is 2. The van der Waals surface area contributed by atoms with Gasteiger partial charge in [-0.05, 0) is 101 Å². The summed E-state index contributed by atoms with van der Waals surface area (Å²) in [5, 5.41) is 12.5. The van der Waals surface area contributed by atoms with Gasteiger partial charge in [0.05, 0.1) is 0 Å². The van der Waals surface area contributed by atoms with E-state index in [4.69, 9.17) is 0 Å². The summed E-state index contributed by atoms with van der Waals surface area (Å²) in [6.07, 6.45) is 7.65. The van der Waals surface area contributed by atoms with Gasteiger partial charge < -0.3 is 0 Å². The third kappa shape index (κ3) is 4.58. The molecule has 11 rings (SSSR count). The van der Waals surface area contributed by atoms with Gasteiger partial charge in [0.2, 0.25) is 0 Å². The van der Waals surface area contributed by atoms with Crippen molar-refractivity contribution in [1.82, 2.24) is 9.97 Å². The molecule has 2 nitrogen and oxygen atoms in total. The molecule has 246 valence electrons. The number of benzene rings is 8. The monoisotopic (exact) mass is 690 g/mol. The average molecular weight is 691 g/mol. The first-order chi connectivity index (χ1) is 26.3. The van der Waals surface area contributed by atoms with Gasteiger partial charge in [-0.2, -0.15) is 0 Å². The molecule has 53 heavy (non-hydrogen) atoms. The minimum atomic E-state index is 1.13. The molecule has 0 aliphatic rings. The van der Waals surface area contributed by atoms with Crippen LogP contribution in [0.25, 0.3) is 108 Å². The summed E-state index contributed by atoms with van der Waals surface area (Å²) in [4.78, 5) is 8.99. The topological polar surface area (TPSA) is 25.8 Å². The quantitative estimate of drug-likeness (QED) is 0.172. The van der Waals surface area contributed by atoms with E-state index in [0.29, 0.717) is 0 Å². The van der Waals surface area contributed by atoms with Crippen LogP contribution in [0.2, 0.25) is 0 Å². The summed E-state index contributed by atoms with van der Waals surface area (Å²) < 4.78 is 2.58. The fraction of sp³-hybridized carbons (Fsp3) is 0. The molecule has 8 aromatic carbocycles. The first kappa shape index (κ1) is 30.0. The summed E-state index contributed by atoms with van der Waals surface area (Å²) in [6, 6.07) is 57.7. The van der Waals surface area contributed by atoms with Crippen LogP contribution < -0.4 is 0 Å². The summed E-state index contributed by atoms with van der Waals surface area (Å²) in [7, 11) is 0. The minimum absolute atomic E-state index is 1.13. The second kappa shape index (κ2) is 11.9. The summed E-state index contributed by atoms with van der Waals surface area (Å²) in [5.74, 6) is 0. The van der Waals surface area contributed by atoms with Crippen LogP contribution in [0.15, 0.2) is 183 Å². The number of hydrogen-bond acceptors (Lipinski definition) is 3. The molecule has 0 spiro atoms. The van der Waals surface area contributed by atoms with Crippen LogP contribution in [0.5, 0.6) is 0 Å². The molecule has 0 aliphatic heterocycles. The lowest BCUT2D eigenvalue weighted by Gasteiger charge is -2.18. The molecule has 0 N–H and O–H groups in total. The molecular formula is C50H30N2S. The summed E-state index contributed by atoms with van der Waals surface area (Å²) in [6.45, 7) is 0. The molecule has 0 atom stereocenters. The number of hydrogen-bond donors (Lipinski definition) is 0. The molecule has 0 amide bonds. The second-order valence-corrected chi connectivity index (χ2v) is 14.7. The second-order valence-electron chi connectivity index (χ2n) is 13.7. The number of thiophene rings is 1. The summed E-state index contributed by atoms with van der Waals surface area (Å²) in [5.41, 5.74) is 9.77. The minimum Gasteiger partial charge on any atom is -0.264 e. The lowest BCUT2D eigenvalue weighted by molar-refractivity contribution is 1.33. The standard InChI is InChI=1S/C50H30N2S/c1-3-16-36-34(14-1)46(35-15-2-4-17-37(35)47(36)32-12-10-26-51-29-32)31-24-25-42-45(28-31)53-44-23-9-22-43(50(42)44)49-40-20-7-5-18-38(40)48(33-13-11-27-52-30-33)39-19-6-8-21-41(39)49/h1-30H. The number of fused-ring (bicyclic) bond motifs is 7. The maximum atomic E-state index is 4.50. The van der Waals surface area contributed by atoms with Gasteiger partial charge in [-0.3, -0.25) is 9.97 Å². The van der Waals surface area contributed by atoms with Crippen molar-refractivity contribution in [1.29, 1.82) is 0 Å². The Morgan fingerprint density at radius 3 is 1.23 bits per heavy atom. The van der Waals surface area contributed by atoms with Gasteiger partial charge in [0.25, 0.3) is 0 Å². The predicted octanol–water partition coefficient (Wildman–Crippen LogP) is 14.1. The van der Waals surface area contributed by atoms with E-state index >= 15 is 0 Å². The van der Waals surface area contributed by atoms with E-state index in [1.165, 1.54) is 96.6 Å². The highest BCUT2D eigenvalue weighted by molar-refractivity contribution is 7.26. The molecule has 0 radical (unpaired) electrons. The van der Waals surface area contributed by atoms with E-state index in [2.05, 4.69) is 156 Å². The van der Waals surface area contributed by atoms with Gasteiger partial charge in [0.1, 0.15) is 0 Å². The van der Waals surface area contributed by atoms with Crippen molar-refractivity contribution in [3.05, 3.63) is 183 Å². The summed E-state index contributed by atoms with van der Waals surface area (Å²) >= 11 is 1.88. The lowest BCUT2D eigenvalue weighted by atomic mass is 9.85. The van der Waals surface area contributed by atoms with Gasteiger partial charge in [-0.1, -0.05) is 133 Å². The highest BCUT2D eigenvalue weighted by Gasteiger charge is 2.21. The fourth-order valence-corrected chi connectivity index (χ4v) is 9.86. The average Bonchev–Trinajstić information content (AvgIpc) is 3.61. The Morgan fingerprint density at radius 1 is 0.321 bits per heavy atom. The molecule has 0 bridgehead atoms. The van der Waals surface area contributed by atoms with Crippen LogP contribution in [-0.4, -0.2) is 9.97 Å². The van der Waals surface area contributed by atoms with Gasteiger partial charge in [0, 0.05) is 56.1 Å². The van der Waals surface area contributed by atoms with E-state index in [9.17, 15) is 0 Å². The Kier molecular flexibility index (Phi) is 6.76. The zero-order chi connectivity index (χ0) is 34.9. The van der Waals surface area contributed by atoms with Crippen LogP contribution in [-0.2, 0) is 0 Å². The zero-order valence-corrected chi connectivity index (χ0v) is 29.4. The maximum absolute atomic E-state index is 4.50. The van der Waals surface area contributed by atoms with Crippen molar-refractivity contribution in [3.8, 4) is 44.5 Å². The maximum Gasteiger partial charge on any atom is 0.0361 e. The van der Waals surface area contributed by atoms with Crippen molar-refractivity contribution < 1.29 is 0 Å². The van der Waals surface area contributed by atoms with Crippen molar-refractivity contribution in [3.63, 3.8) is 0 Å². The van der Waals surface area contributed by atoms with Gasteiger partial charge in [0.15, 0.2) is 0 Å². The van der Waals surface area contributed by atoms with E-state index in [1.807, 2.05) is 48.3 Å². The number of nitrogens with zero attached hydrogens (tertiary/aromatic N) is 2. The van der Waals surface area contributed by atoms with Crippen LogP contribution in [0.3, 0.4) is 0 Å². The van der Waals surface area contributed by atoms with Crippen LogP contribution in [0.4, 0.5) is 0 Å². The largest absolute Gasteiger partial charge is 0.264 e. The normalized spacial score (nSPS) is 11.8. The Balaban J connectivity index is 1.18. The first-order valence-electron chi connectivity index (χ1n) is 18.0. The number of aromatic nitrogens is 2. The molecule has 3 aromatic heterocycles. The Labute approximate surface area is 310 Å². The molecule has 0 aliphatic carbocycles. The van der Waals surface area contributed by atoms with E-state index in [1.54, 1.807) is 0 Å². The lowest BCUT2D eigenvalue weighted by Crippen LogP contribution is -1.91. The third-order valence-electron chi connectivity index (χ3n) is 10.8.